The van der Waals surface area contributed by atoms with E-state index in [2.05, 4.69) is 42.2 Å². The van der Waals surface area contributed by atoms with Gasteiger partial charge in [-0.25, -0.2) is 0 Å². The van der Waals surface area contributed by atoms with Gasteiger partial charge in [-0.05, 0) is 43.3 Å². The Morgan fingerprint density at radius 1 is 1.18 bits per heavy atom. The van der Waals surface area contributed by atoms with Crippen LogP contribution in [-0.4, -0.2) is 29.7 Å². The van der Waals surface area contributed by atoms with E-state index in [-0.39, 0.29) is 5.41 Å². The summed E-state index contributed by atoms with van der Waals surface area (Å²) in [7, 11) is 0. The molecule has 1 saturated heterocycles. The Morgan fingerprint density at radius 3 is 2.35 bits per heavy atom. The second-order valence-corrected chi connectivity index (χ2v) is 5.27. The zero-order valence-corrected chi connectivity index (χ0v) is 10.7. The van der Waals surface area contributed by atoms with Crippen molar-refractivity contribution in [1.29, 1.82) is 0 Å². The zero-order valence-electron chi connectivity index (χ0n) is 10.7. The molecular formula is C15H23NO. The number of aliphatic hydroxyl groups excluding tert-OH is 1. The van der Waals surface area contributed by atoms with Gasteiger partial charge >= 0.3 is 0 Å². The Balaban J connectivity index is 1.87. The first-order valence-corrected chi connectivity index (χ1v) is 6.65. The van der Waals surface area contributed by atoms with Crippen molar-refractivity contribution in [3.63, 3.8) is 0 Å². The van der Waals surface area contributed by atoms with E-state index in [0.29, 0.717) is 6.61 Å². The summed E-state index contributed by atoms with van der Waals surface area (Å²) in [6.07, 6.45) is 3.36. The standard InChI is InChI=1S/C15H23NO/c1-2-15(13-17)8-10-16(11-9-15)12-14-6-4-3-5-7-14/h3-7,17H,2,8-13H2,1H3. The SMILES string of the molecule is CCC1(CO)CCN(Cc2ccccc2)CC1. The molecule has 1 aromatic carbocycles. The molecule has 1 aromatic rings. The Labute approximate surface area is 104 Å². The van der Waals surface area contributed by atoms with Crippen molar-refractivity contribution in [2.45, 2.75) is 32.7 Å². The summed E-state index contributed by atoms with van der Waals surface area (Å²) in [5.74, 6) is 0. The van der Waals surface area contributed by atoms with Crippen molar-refractivity contribution in [3.05, 3.63) is 35.9 Å². The number of likely N-dealkylation sites (tertiary alicyclic amines) is 1. The van der Waals surface area contributed by atoms with Gasteiger partial charge in [-0.1, -0.05) is 37.3 Å². The van der Waals surface area contributed by atoms with Crippen LogP contribution in [0.4, 0.5) is 0 Å². The van der Waals surface area contributed by atoms with E-state index in [9.17, 15) is 5.11 Å². The van der Waals surface area contributed by atoms with Crippen LogP contribution in [0.15, 0.2) is 30.3 Å². The molecule has 0 atom stereocenters. The minimum Gasteiger partial charge on any atom is -0.396 e. The van der Waals surface area contributed by atoms with Crippen LogP contribution in [0.25, 0.3) is 0 Å². The molecule has 1 N–H and O–H groups in total. The van der Waals surface area contributed by atoms with Gasteiger partial charge in [0.25, 0.3) is 0 Å². The summed E-state index contributed by atoms with van der Waals surface area (Å²) in [5.41, 5.74) is 1.59. The lowest BCUT2D eigenvalue weighted by atomic mass is 9.77. The Kier molecular flexibility index (Phi) is 4.19. The van der Waals surface area contributed by atoms with E-state index in [1.807, 2.05) is 0 Å². The molecule has 2 heteroatoms. The van der Waals surface area contributed by atoms with Crippen LogP contribution in [0.5, 0.6) is 0 Å². The predicted octanol–water partition coefficient (Wildman–Crippen LogP) is 2.67. The average molecular weight is 233 g/mol. The average Bonchev–Trinajstić information content (AvgIpc) is 2.41. The molecule has 1 heterocycles. The first-order valence-electron chi connectivity index (χ1n) is 6.65. The quantitative estimate of drug-likeness (QED) is 0.864. The largest absolute Gasteiger partial charge is 0.396 e. The molecule has 0 bridgehead atoms. The van der Waals surface area contributed by atoms with Crippen molar-refractivity contribution >= 4 is 0 Å². The van der Waals surface area contributed by atoms with E-state index in [4.69, 9.17) is 0 Å². The molecule has 0 aromatic heterocycles. The van der Waals surface area contributed by atoms with Crippen LogP contribution in [0.2, 0.25) is 0 Å². The van der Waals surface area contributed by atoms with Gasteiger partial charge in [0.05, 0.1) is 0 Å². The molecule has 0 spiro atoms. The number of benzene rings is 1. The predicted molar refractivity (Wildman–Crippen MR) is 70.8 cm³/mol. The molecule has 0 amide bonds. The first-order chi connectivity index (χ1) is 8.28. The summed E-state index contributed by atoms with van der Waals surface area (Å²) < 4.78 is 0. The van der Waals surface area contributed by atoms with Gasteiger partial charge in [0, 0.05) is 13.2 Å². The molecule has 1 aliphatic heterocycles. The lowest BCUT2D eigenvalue weighted by Gasteiger charge is -2.40. The second kappa shape index (κ2) is 5.65. The molecule has 1 fully saturated rings. The molecule has 2 rings (SSSR count). The second-order valence-electron chi connectivity index (χ2n) is 5.27. The Bertz CT molecular complexity index is 322. The van der Waals surface area contributed by atoms with Gasteiger partial charge < -0.3 is 5.11 Å². The molecule has 94 valence electrons. The third-order valence-corrected chi connectivity index (χ3v) is 4.25. The fraction of sp³-hybridized carbons (Fsp3) is 0.600. The van der Waals surface area contributed by atoms with E-state index in [1.165, 1.54) is 5.56 Å². The van der Waals surface area contributed by atoms with Crippen molar-refractivity contribution in [1.82, 2.24) is 4.90 Å². The maximum Gasteiger partial charge on any atom is 0.0488 e. The monoisotopic (exact) mass is 233 g/mol. The highest BCUT2D eigenvalue weighted by Gasteiger charge is 2.31. The van der Waals surface area contributed by atoms with Gasteiger partial charge in [0.1, 0.15) is 0 Å². The minimum absolute atomic E-state index is 0.202. The highest BCUT2D eigenvalue weighted by Crippen LogP contribution is 2.34. The third kappa shape index (κ3) is 3.08. The lowest BCUT2D eigenvalue weighted by molar-refractivity contribution is 0.0382. The van der Waals surface area contributed by atoms with E-state index in [1.54, 1.807) is 0 Å². The number of piperidine rings is 1. The fourth-order valence-electron chi connectivity index (χ4n) is 2.65. The van der Waals surface area contributed by atoms with Gasteiger partial charge in [0.15, 0.2) is 0 Å². The number of hydrogen-bond acceptors (Lipinski definition) is 2. The molecule has 17 heavy (non-hydrogen) atoms. The van der Waals surface area contributed by atoms with Crippen LogP contribution in [0.3, 0.4) is 0 Å². The molecule has 1 aliphatic rings. The summed E-state index contributed by atoms with van der Waals surface area (Å²) in [4.78, 5) is 2.50. The highest BCUT2D eigenvalue weighted by molar-refractivity contribution is 5.14. The molecule has 2 nitrogen and oxygen atoms in total. The van der Waals surface area contributed by atoms with Gasteiger partial charge in [-0.15, -0.1) is 0 Å². The molecule has 0 saturated carbocycles. The Hall–Kier alpha value is -0.860. The van der Waals surface area contributed by atoms with E-state index >= 15 is 0 Å². The van der Waals surface area contributed by atoms with E-state index in [0.717, 1.165) is 38.9 Å². The normalized spacial score (nSPS) is 20.4. The maximum absolute atomic E-state index is 9.50. The number of hydrogen-bond donors (Lipinski definition) is 1. The van der Waals surface area contributed by atoms with Crippen LogP contribution in [-0.2, 0) is 6.54 Å². The van der Waals surface area contributed by atoms with Crippen molar-refractivity contribution in [2.24, 2.45) is 5.41 Å². The van der Waals surface area contributed by atoms with Crippen molar-refractivity contribution in [2.75, 3.05) is 19.7 Å². The summed E-state index contributed by atoms with van der Waals surface area (Å²) in [6, 6.07) is 10.6. The van der Waals surface area contributed by atoms with Crippen molar-refractivity contribution < 1.29 is 5.11 Å². The third-order valence-electron chi connectivity index (χ3n) is 4.25. The molecular weight excluding hydrogens is 210 g/mol. The fourth-order valence-corrected chi connectivity index (χ4v) is 2.65. The number of rotatable bonds is 4. The smallest absolute Gasteiger partial charge is 0.0488 e. The van der Waals surface area contributed by atoms with E-state index < -0.39 is 0 Å². The number of aliphatic hydroxyl groups is 1. The lowest BCUT2D eigenvalue weighted by Crippen LogP contribution is -2.41. The van der Waals surface area contributed by atoms with Crippen LogP contribution in [0.1, 0.15) is 31.7 Å². The summed E-state index contributed by atoms with van der Waals surface area (Å²) in [5, 5.41) is 9.50. The summed E-state index contributed by atoms with van der Waals surface area (Å²) in [6.45, 7) is 5.82. The number of nitrogens with zero attached hydrogens (tertiary/aromatic N) is 1. The molecule has 0 radical (unpaired) electrons. The van der Waals surface area contributed by atoms with Gasteiger partial charge in [-0.2, -0.15) is 0 Å². The van der Waals surface area contributed by atoms with Crippen LogP contribution < -0.4 is 0 Å². The van der Waals surface area contributed by atoms with Crippen LogP contribution >= 0.6 is 0 Å². The molecule has 0 aliphatic carbocycles. The van der Waals surface area contributed by atoms with Crippen LogP contribution in [0, 0.1) is 5.41 Å². The highest BCUT2D eigenvalue weighted by atomic mass is 16.3. The minimum atomic E-state index is 0.202. The molecule has 0 unspecified atom stereocenters. The van der Waals surface area contributed by atoms with Crippen molar-refractivity contribution in [3.8, 4) is 0 Å². The first kappa shape index (κ1) is 12.6. The van der Waals surface area contributed by atoms with Gasteiger partial charge in [0.2, 0.25) is 0 Å². The Morgan fingerprint density at radius 2 is 1.82 bits per heavy atom. The maximum atomic E-state index is 9.50. The summed E-state index contributed by atoms with van der Waals surface area (Å²) >= 11 is 0. The topological polar surface area (TPSA) is 23.5 Å². The zero-order chi connectivity index (χ0) is 12.1. The van der Waals surface area contributed by atoms with Gasteiger partial charge in [-0.3, -0.25) is 4.90 Å².